The second-order valence-electron chi connectivity index (χ2n) is 42.2. The van der Waals surface area contributed by atoms with E-state index in [1.54, 1.807) is 0 Å². The van der Waals surface area contributed by atoms with E-state index in [4.69, 9.17) is 17.7 Å². The third-order valence-electron chi connectivity index (χ3n) is 29.8. The van der Waals surface area contributed by atoms with Crippen LogP contribution in [-0.4, -0.2) is 0 Å². The minimum Gasteiger partial charge on any atom is -0.454 e. The summed E-state index contributed by atoms with van der Waals surface area (Å²) in [4.78, 5) is 9.73. The summed E-state index contributed by atoms with van der Waals surface area (Å²) >= 11 is 0. The van der Waals surface area contributed by atoms with Crippen molar-refractivity contribution in [2.75, 3.05) is 19.6 Å². The molecule has 8 heteroatoms. The number of rotatable bonds is 22. The number of para-hydroxylation sites is 8. The van der Waals surface area contributed by atoms with Gasteiger partial charge >= 0.3 is 0 Å². The van der Waals surface area contributed by atoms with Gasteiger partial charge in [0, 0.05) is 98.5 Å². The highest BCUT2D eigenvalue weighted by Gasteiger charge is 2.33. The molecule has 0 amide bonds. The molecule has 24 aromatic rings. The van der Waals surface area contributed by atoms with Gasteiger partial charge in [-0.2, -0.15) is 0 Å². The summed E-state index contributed by atoms with van der Waals surface area (Å²) < 4.78 is 28.4. The molecule has 0 saturated carbocycles. The average Bonchev–Trinajstić information content (AvgIpc) is 0.759. The van der Waals surface area contributed by atoms with E-state index in [0.717, 1.165) is 184 Å². The summed E-state index contributed by atoms with van der Waals surface area (Å²) in [6.45, 7) is 36.1. The molecule has 0 saturated heterocycles. The van der Waals surface area contributed by atoms with Crippen LogP contribution >= 0.6 is 0 Å². The lowest BCUT2D eigenvalue weighted by atomic mass is 9.86. The van der Waals surface area contributed by atoms with Crippen molar-refractivity contribution < 1.29 is 17.7 Å². The monoisotopic (exact) mass is 1820 g/mol. The van der Waals surface area contributed by atoms with E-state index in [9.17, 15) is 0 Å². The van der Waals surface area contributed by atoms with Crippen LogP contribution in [0, 0.1) is 0 Å². The molecule has 0 fully saturated rings. The standard InChI is InChI=1S/2C66H60N2O2/c1-39(2)41-23-31-45(32-24-41)67(57-21-13-17-49-47-15-11-19-53(65(5,6)7)61(47)69-63(49)57)55-37-29-43-28-36-52-56(38-30-44-27-35-51(55)59(43)60(44)52)68(46-33-25-42(26-34-46)40(3)4)58-22-14-18-50-48-16-12-20-54(66(8,9)10)62(48)70-64(50)58;1-7-9-15-47-17-11-19-51-53-21-13-23-59(65(53)69-63(47)51)67(49-33-25-43(26-34-49)41(3)4)57-39-31-45-30-38-56-58(40-32-46-29-37-55(57)61(45)62(46)56)68(50-35-27-44(28-36-50)42(5)6)60-24-14-22-54-52-20-12-18-48(16-10-8-2)64(52)70-66(54)60/h11-40H,1-10H3;11-14,17-42H,7-10,15-16H2,1-6H3. The zero-order valence-electron chi connectivity index (χ0n) is 83.3. The summed E-state index contributed by atoms with van der Waals surface area (Å²) in [5.41, 5.74) is 30.2. The van der Waals surface area contributed by atoms with Gasteiger partial charge in [0.25, 0.3) is 0 Å². The quantitative estimate of drug-likeness (QED) is 0.0622. The number of nitrogens with zero attached hydrogens (tertiary/aromatic N) is 4. The molecule has 0 aliphatic carbocycles. The van der Waals surface area contributed by atoms with Crippen molar-refractivity contribution >= 4 is 221 Å². The summed E-state index contributed by atoms with van der Waals surface area (Å²) in [5, 5.41) is 23.6. The van der Waals surface area contributed by atoms with Crippen molar-refractivity contribution in [2.24, 2.45) is 0 Å². The maximum Gasteiger partial charge on any atom is 0.159 e. The molecule has 0 spiro atoms. The molecule has 140 heavy (non-hydrogen) atoms. The van der Waals surface area contributed by atoms with Gasteiger partial charge in [-0.3, -0.25) is 0 Å². The number of furan rings is 4. The second-order valence-corrected chi connectivity index (χ2v) is 42.2. The van der Waals surface area contributed by atoms with Crippen LogP contribution < -0.4 is 19.6 Å². The predicted molar refractivity (Wildman–Crippen MR) is 599 cm³/mol. The van der Waals surface area contributed by atoms with E-state index in [1.165, 1.54) is 120 Å². The zero-order chi connectivity index (χ0) is 96.0. The second kappa shape index (κ2) is 35.1. The Labute approximate surface area is 820 Å². The molecule has 0 atom stereocenters. The Hall–Kier alpha value is -15.1. The molecule has 4 aromatic heterocycles. The molecule has 20 aromatic carbocycles. The topological polar surface area (TPSA) is 65.5 Å². The number of aryl methyl sites for hydroxylation is 2. The highest BCUT2D eigenvalue weighted by molar-refractivity contribution is 6.31. The Morgan fingerprint density at radius 3 is 0.657 bits per heavy atom. The van der Waals surface area contributed by atoms with Crippen molar-refractivity contribution in [1.29, 1.82) is 0 Å². The molecular formula is C132H120N4O4. The molecule has 0 N–H and O–H groups in total. The van der Waals surface area contributed by atoms with Crippen LogP contribution in [0.15, 0.2) is 357 Å². The van der Waals surface area contributed by atoms with E-state index >= 15 is 0 Å². The summed E-state index contributed by atoms with van der Waals surface area (Å²) in [5.74, 6) is 1.66. The lowest BCUT2D eigenvalue weighted by Gasteiger charge is -2.29. The Bertz CT molecular complexity index is 8350. The van der Waals surface area contributed by atoms with Crippen molar-refractivity contribution in [3.05, 3.63) is 384 Å². The molecule has 24 rings (SSSR count). The van der Waals surface area contributed by atoms with Crippen LogP contribution in [0.2, 0.25) is 0 Å². The molecule has 8 nitrogen and oxygen atoms in total. The van der Waals surface area contributed by atoms with Crippen LogP contribution in [0.1, 0.15) is 205 Å². The van der Waals surface area contributed by atoms with E-state index in [2.05, 4.69) is 470 Å². The summed E-state index contributed by atoms with van der Waals surface area (Å²) in [7, 11) is 0. The maximum absolute atomic E-state index is 7.12. The highest BCUT2D eigenvalue weighted by atomic mass is 16.3. The van der Waals surface area contributed by atoms with Gasteiger partial charge in [-0.1, -0.05) is 366 Å². The van der Waals surface area contributed by atoms with Gasteiger partial charge in [0.2, 0.25) is 0 Å². The van der Waals surface area contributed by atoms with Crippen molar-refractivity contribution in [3.63, 3.8) is 0 Å². The van der Waals surface area contributed by atoms with Crippen LogP contribution in [0.4, 0.5) is 68.2 Å². The van der Waals surface area contributed by atoms with Crippen LogP contribution in [0.25, 0.3) is 152 Å². The largest absolute Gasteiger partial charge is 0.454 e. The van der Waals surface area contributed by atoms with Gasteiger partial charge in [0.1, 0.15) is 22.3 Å². The van der Waals surface area contributed by atoms with E-state index in [0.29, 0.717) is 23.7 Å². The number of fused-ring (bicyclic) bond motifs is 12. The Morgan fingerprint density at radius 1 is 0.207 bits per heavy atom. The first-order valence-electron chi connectivity index (χ1n) is 50.7. The SMILES string of the molecule is CC(C)c1ccc(N(c2ccc3ccc4c(N(c5ccc(C(C)C)cc5)c5cccc6c5oc5c(C(C)(C)C)cccc56)ccc5ccc2c3c54)c2cccc3c2oc2c(C(C)(C)C)cccc23)cc1.CCCCc1cccc2c1oc1c(N(c3ccc(C(C)C)cc3)c3ccc4ccc5c(N(c6ccc(C(C)C)cc6)c6cccc7c6oc6c(CCCC)cccc67)ccc6ccc3c4c65)cccc12. The fourth-order valence-electron chi connectivity index (χ4n) is 22.3. The van der Waals surface area contributed by atoms with Gasteiger partial charge < -0.3 is 37.3 Å². The smallest absolute Gasteiger partial charge is 0.159 e. The average molecular weight is 1830 g/mol. The van der Waals surface area contributed by atoms with Crippen molar-refractivity contribution in [1.82, 2.24) is 0 Å². The lowest BCUT2D eigenvalue weighted by molar-refractivity contribution is 0.572. The molecule has 0 aliphatic heterocycles. The first kappa shape index (κ1) is 88.8. The minimum absolute atomic E-state index is 0.0909. The Morgan fingerprint density at radius 2 is 0.421 bits per heavy atom. The van der Waals surface area contributed by atoms with E-state index < -0.39 is 0 Å². The van der Waals surface area contributed by atoms with Gasteiger partial charge in [-0.05, 0) is 234 Å². The van der Waals surface area contributed by atoms with Crippen molar-refractivity contribution in [2.45, 2.75) is 184 Å². The van der Waals surface area contributed by atoms with Crippen LogP contribution in [0.5, 0.6) is 0 Å². The third-order valence-corrected chi connectivity index (χ3v) is 29.8. The molecule has 692 valence electrons. The maximum atomic E-state index is 7.12. The summed E-state index contributed by atoms with van der Waals surface area (Å²) in [6, 6.07) is 127. The van der Waals surface area contributed by atoms with Crippen LogP contribution in [0.3, 0.4) is 0 Å². The number of hydrogen-bond acceptors (Lipinski definition) is 8. The number of unbranched alkanes of at least 4 members (excludes halogenated alkanes) is 2. The van der Waals surface area contributed by atoms with E-state index in [1.807, 2.05) is 0 Å². The number of benzene rings is 20. The first-order chi connectivity index (χ1) is 68.0. The zero-order valence-corrected chi connectivity index (χ0v) is 83.3. The van der Waals surface area contributed by atoms with Gasteiger partial charge in [0.05, 0.1) is 45.5 Å². The number of anilines is 12. The molecule has 4 heterocycles. The van der Waals surface area contributed by atoms with Crippen LogP contribution in [-0.2, 0) is 23.7 Å². The first-order valence-corrected chi connectivity index (χ1v) is 50.7. The van der Waals surface area contributed by atoms with E-state index in [-0.39, 0.29) is 10.8 Å². The van der Waals surface area contributed by atoms with Gasteiger partial charge in [0.15, 0.2) is 22.3 Å². The molecule has 0 aliphatic rings. The fourth-order valence-corrected chi connectivity index (χ4v) is 22.3. The Balaban J connectivity index is 0.000000156. The highest BCUT2D eigenvalue weighted by Crippen LogP contribution is 2.56. The predicted octanol–water partition coefficient (Wildman–Crippen LogP) is 40.4. The number of hydrogen-bond donors (Lipinski definition) is 0. The Kier molecular flexibility index (Phi) is 22.3. The fraction of sp³-hybridized carbons (Fsp3) is 0.212. The van der Waals surface area contributed by atoms with Gasteiger partial charge in [-0.25, -0.2) is 0 Å². The molecular weight excluding hydrogens is 1710 g/mol. The lowest BCUT2D eigenvalue weighted by Crippen LogP contribution is -2.12. The van der Waals surface area contributed by atoms with Crippen molar-refractivity contribution in [3.8, 4) is 0 Å². The third kappa shape index (κ3) is 15.0. The normalized spacial score (nSPS) is 12.4. The van der Waals surface area contributed by atoms with Gasteiger partial charge in [-0.15, -0.1) is 0 Å². The molecule has 0 bridgehead atoms. The summed E-state index contributed by atoms with van der Waals surface area (Å²) in [6.07, 6.45) is 6.51. The minimum atomic E-state index is -0.0909. The molecule has 0 radical (unpaired) electrons. The molecule has 0 unspecified atom stereocenters.